The number of benzene rings is 2. The van der Waals surface area contributed by atoms with Crippen molar-refractivity contribution in [1.29, 1.82) is 5.26 Å². The molecule has 0 radical (unpaired) electrons. The lowest BCUT2D eigenvalue weighted by molar-refractivity contribution is 0.0956. The number of nitrogens with zero attached hydrogens (tertiary/aromatic N) is 2. The first-order chi connectivity index (χ1) is 12.6. The average molecular weight is 350 g/mol. The number of hydrogen-bond donors (Lipinski definition) is 2. The van der Waals surface area contributed by atoms with Crippen molar-refractivity contribution in [2.45, 2.75) is 6.10 Å². The van der Waals surface area contributed by atoms with Crippen LogP contribution in [0.4, 0.5) is 4.39 Å². The third kappa shape index (κ3) is 4.03. The molecule has 0 aliphatic carbocycles. The first-order valence-electron chi connectivity index (χ1n) is 7.84. The van der Waals surface area contributed by atoms with Gasteiger partial charge in [0.2, 0.25) is 0 Å². The topological polar surface area (TPSA) is 86.4 Å². The molecule has 0 saturated carbocycles. The van der Waals surface area contributed by atoms with Crippen molar-refractivity contribution in [2.75, 3.05) is 6.61 Å². The number of pyridine rings is 1. The molecule has 1 heterocycles. The Bertz CT molecular complexity index is 935. The zero-order valence-corrected chi connectivity index (χ0v) is 13.6. The molecule has 5 nitrogen and oxygen atoms in total. The van der Waals surface area contributed by atoms with Gasteiger partial charge in [0, 0.05) is 5.56 Å². The minimum atomic E-state index is -1.08. The predicted molar refractivity (Wildman–Crippen MR) is 92.9 cm³/mol. The van der Waals surface area contributed by atoms with Gasteiger partial charge in [-0.25, -0.2) is 9.37 Å². The highest BCUT2D eigenvalue weighted by Crippen LogP contribution is 2.27. The predicted octanol–water partition coefficient (Wildman–Crippen LogP) is 3.58. The van der Waals surface area contributed by atoms with Gasteiger partial charge in [-0.1, -0.05) is 0 Å². The molecular weight excluding hydrogens is 335 g/mol. The van der Waals surface area contributed by atoms with E-state index < -0.39 is 12.7 Å². The molecule has 1 aromatic heterocycles. The molecule has 0 spiro atoms. The maximum atomic E-state index is 12.9. The number of nitriles is 1. The van der Waals surface area contributed by atoms with Crippen LogP contribution in [-0.2, 0) is 0 Å². The van der Waals surface area contributed by atoms with Crippen LogP contribution in [0.25, 0.3) is 11.3 Å². The Morgan fingerprint density at radius 1 is 1.04 bits per heavy atom. The van der Waals surface area contributed by atoms with E-state index in [4.69, 9.17) is 15.1 Å². The van der Waals surface area contributed by atoms with Gasteiger partial charge in [-0.2, -0.15) is 5.26 Å². The van der Waals surface area contributed by atoms with Gasteiger partial charge < -0.3 is 14.9 Å². The Morgan fingerprint density at radius 3 is 2.23 bits per heavy atom. The van der Waals surface area contributed by atoms with Crippen LogP contribution < -0.4 is 4.74 Å². The Balaban J connectivity index is 1.86. The lowest BCUT2D eigenvalue weighted by Gasteiger charge is -2.11. The van der Waals surface area contributed by atoms with E-state index in [2.05, 4.69) is 4.98 Å². The molecule has 2 aromatic carbocycles. The summed E-state index contributed by atoms with van der Waals surface area (Å²) in [7, 11) is 0. The second-order valence-corrected chi connectivity index (χ2v) is 5.56. The van der Waals surface area contributed by atoms with E-state index in [9.17, 15) is 9.50 Å². The molecule has 0 aliphatic heterocycles. The maximum absolute atomic E-state index is 12.9. The smallest absolute Gasteiger partial charge is 0.141 e. The van der Waals surface area contributed by atoms with Crippen molar-refractivity contribution in [3.05, 3.63) is 77.7 Å². The van der Waals surface area contributed by atoms with E-state index in [1.807, 2.05) is 6.07 Å². The monoisotopic (exact) mass is 350 g/mol. The average Bonchev–Trinajstić information content (AvgIpc) is 2.69. The summed E-state index contributed by atoms with van der Waals surface area (Å²) in [4.78, 5) is 4.23. The molecule has 3 aromatic rings. The standard InChI is InChI=1S/C20H15FN2O3/c21-15-3-7-18(8-4-15)26-17-5-1-13(2-6-17)19-10-14(20(25)12-24)9-16(11-22)23-19/h1-10,20,24-25H,12H2. The van der Waals surface area contributed by atoms with Crippen LogP contribution in [0.1, 0.15) is 17.4 Å². The fourth-order valence-corrected chi connectivity index (χ4v) is 2.39. The minimum absolute atomic E-state index is 0.150. The molecule has 0 aliphatic rings. The largest absolute Gasteiger partial charge is 0.457 e. The van der Waals surface area contributed by atoms with Gasteiger partial charge in [-0.15, -0.1) is 0 Å². The summed E-state index contributed by atoms with van der Waals surface area (Å²) in [5, 5.41) is 28.0. The van der Waals surface area contributed by atoms with Gasteiger partial charge >= 0.3 is 0 Å². The SMILES string of the molecule is N#Cc1cc(C(O)CO)cc(-c2ccc(Oc3ccc(F)cc3)cc2)n1. The Kier molecular flexibility index (Phi) is 5.23. The van der Waals surface area contributed by atoms with Gasteiger partial charge in [0.05, 0.1) is 12.3 Å². The van der Waals surface area contributed by atoms with Gasteiger partial charge in [0.15, 0.2) is 0 Å². The van der Waals surface area contributed by atoms with E-state index >= 15 is 0 Å². The van der Waals surface area contributed by atoms with Crippen molar-refractivity contribution in [3.63, 3.8) is 0 Å². The molecule has 0 bridgehead atoms. The number of aromatic nitrogens is 1. The number of halogens is 1. The van der Waals surface area contributed by atoms with Crippen molar-refractivity contribution in [2.24, 2.45) is 0 Å². The molecule has 0 amide bonds. The number of hydrogen-bond acceptors (Lipinski definition) is 5. The van der Waals surface area contributed by atoms with Crippen LogP contribution >= 0.6 is 0 Å². The molecule has 1 unspecified atom stereocenters. The van der Waals surface area contributed by atoms with E-state index in [1.54, 1.807) is 30.3 Å². The highest BCUT2D eigenvalue weighted by atomic mass is 19.1. The quantitative estimate of drug-likeness (QED) is 0.734. The summed E-state index contributed by atoms with van der Waals surface area (Å²) < 4.78 is 18.6. The summed E-state index contributed by atoms with van der Waals surface area (Å²) in [6.45, 7) is -0.446. The molecule has 0 fully saturated rings. The summed E-state index contributed by atoms with van der Waals surface area (Å²) >= 11 is 0. The Hall–Kier alpha value is -3.27. The van der Waals surface area contributed by atoms with Crippen molar-refractivity contribution in [1.82, 2.24) is 4.98 Å². The molecule has 1 atom stereocenters. The van der Waals surface area contributed by atoms with E-state index in [0.717, 1.165) is 5.56 Å². The second kappa shape index (κ2) is 7.74. The number of aliphatic hydroxyl groups excluding tert-OH is 2. The van der Waals surface area contributed by atoms with Crippen molar-refractivity contribution in [3.8, 4) is 28.8 Å². The molecule has 130 valence electrons. The van der Waals surface area contributed by atoms with Crippen LogP contribution in [0.3, 0.4) is 0 Å². The van der Waals surface area contributed by atoms with Gasteiger partial charge in [0.25, 0.3) is 0 Å². The fourth-order valence-electron chi connectivity index (χ4n) is 2.39. The van der Waals surface area contributed by atoms with Crippen molar-refractivity contribution >= 4 is 0 Å². The molecule has 2 N–H and O–H groups in total. The molecule has 6 heteroatoms. The van der Waals surface area contributed by atoms with Gasteiger partial charge in [0.1, 0.15) is 35.2 Å². The van der Waals surface area contributed by atoms with Gasteiger partial charge in [-0.05, 0) is 66.2 Å². The second-order valence-electron chi connectivity index (χ2n) is 5.56. The zero-order chi connectivity index (χ0) is 18.5. The van der Waals surface area contributed by atoms with Gasteiger partial charge in [-0.3, -0.25) is 0 Å². The third-order valence-electron chi connectivity index (χ3n) is 3.72. The van der Waals surface area contributed by atoms with Crippen LogP contribution in [0.15, 0.2) is 60.7 Å². The lowest BCUT2D eigenvalue weighted by atomic mass is 10.0. The number of aliphatic hydroxyl groups is 2. The first-order valence-corrected chi connectivity index (χ1v) is 7.84. The fraction of sp³-hybridized carbons (Fsp3) is 0.100. The van der Waals surface area contributed by atoms with Crippen LogP contribution in [-0.4, -0.2) is 21.8 Å². The van der Waals surface area contributed by atoms with Crippen LogP contribution in [0.5, 0.6) is 11.5 Å². The third-order valence-corrected chi connectivity index (χ3v) is 3.72. The summed E-state index contributed by atoms with van der Waals surface area (Å²) in [6, 6.07) is 17.7. The zero-order valence-electron chi connectivity index (χ0n) is 13.6. The molecule has 0 saturated heterocycles. The Labute approximate surface area is 149 Å². The van der Waals surface area contributed by atoms with E-state index in [0.29, 0.717) is 22.8 Å². The minimum Gasteiger partial charge on any atom is -0.457 e. The van der Waals surface area contributed by atoms with E-state index in [-0.39, 0.29) is 11.5 Å². The summed E-state index contributed by atoms with van der Waals surface area (Å²) in [5.74, 6) is 0.738. The highest BCUT2D eigenvalue weighted by Gasteiger charge is 2.11. The maximum Gasteiger partial charge on any atom is 0.141 e. The van der Waals surface area contributed by atoms with Crippen LogP contribution in [0.2, 0.25) is 0 Å². The van der Waals surface area contributed by atoms with Crippen LogP contribution in [0, 0.1) is 17.1 Å². The first kappa shape index (κ1) is 17.5. The summed E-state index contributed by atoms with van der Waals surface area (Å²) in [5.41, 5.74) is 1.79. The molecule has 3 rings (SSSR count). The van der Waals surface area contributed by atoms with E-state index in [1.165, 1.54) is 30.3 Å². The number of rotatable bonds is 5. The number of ether oxygens (including phenoxy) is 1. The molecular formula is C20H15FN2O3. The lowest BCUT2D eigenvalue weighted by Crippen LogP contribution is -2.04. The molecule has 26 heavy (non-hydrogen) atoms. The normalized spacial score (nSPS) is 11.6. The highest BCUT2D eigenvalue weighted by molar-refractivity contribution is 5.62. The Morgan fingerprint density at radius 2 is 1.65 bits per heavy atom. The van der Waals surface area contributed by atoms with Crippen molar-refractivity contribution < 1.29 is 19.3 Å². The summed E-state index contributed by atoms with van der Waals surface area (Å²) in [6.07, 6.45) is -1.08.